The Bertz CT molecular complexity index is 647. The van der Waals surface area contributed by atoms with Crippen molar-refractivity contribution in [2.24, 2.45) is 11.8 Å². The van der Waals surface area contributed by atoms with Gasteiger partial charge >= 0.3 is 5.97 Å². The summed E-state index contributed by atoms with van der Waals surface area (Å²) in [5.41, 5.74) is 0.674. The fraction of sp³-hybridized carbons (Fsp3) is 0.722. The third-order valence-electron chi connectivity index (χ3n) is 5.84. The number of carbonyl (C=O) groups is 2. The number of likely N-dealkylation sites (tertiary alicyclic amines) is 2. The molecule has 0 bridgehead atoms. The normalized spacial score (nSPS) is 23.8. The van der Waals surface area contributed by atoms with Gasteiger partial charge in [-0.05, 0) is 18.8 Å². The van der Waals surface area contributed by atoms with Crippen LogP contribution in [0.5, 0.6) is 0 Å². The average molecular weight is 348 g/mol. The van der Waals surface area contributed by atoms with Crippen LogP contribution < -0.4 is 0 Å². The first-order chi connectivity index (χ1) is 11.8. The molecule has 138 valence electrons. The molecule has 1 atom stereocenters. The number of nitrogens with zero attached hydrogens (tertiary/aromatic N) is 4. The number of aliphatic carboxylic acids is 1. The predicted octanol–water partition coefficient (Wildman–Crippen LogP) is 1.44. The van der Waals surface area contributed by atoms with E-state index in [0.717, 1.165) is 26.2 Å². The van der Waals surface area contributed by atoms with Crippen molar-refractivity contribution < 1.29 is 14.7 Å². The highest BCUT2D eigenvalue weighted by Gasteiger charge is 2.55. The number of hydrogen-bond acceptors (Lipinski definition) is 4. The van der Waals surface area contributed by atoms with Gasteiger partial charge in [0.2, 0.25) is 5.91 Å². The number of carboxylic acids is 1. The largest absolute Gasteiger partial charge is 0.481 e. The zero-order valence-corrected chi connectivity index (χ0v) is 15.3. The van der Waals surface area contributed by atoms with E-state index in [0.29, 0.717) is 18.8 Å². The van der Waals surface area contributed by atoms with Gasteiger partial charge in [0.05, 0.1) is 23.5 Å². The van der Waals surface area contributed by atoms with Crippen molar-refractivity contribution in [3.8, 4) is 0 Å². The predicted molar refractivity (Wildman–Crippen MR) is 92.8 cm³/mol. The van der Waals surface area contributed by atoms with Crippen LogP contribution in [0.4, 0.5) is 0 Å². The van der Waals surface area contributed by atoms with Crippen LogP contribution in [0.15, 0.2) is 12.5 Å². The highest BCUT2D eigenvalue weighted by molar-refractivity contribution is 5.88. The minimum Gasteiger partial charge on any atom is -0.481 e. The molecule has 25 heavy (non-hydrogen) atoms. The van der Waals surface area contributed by atoms with Crippen molar-refractivity contribution in [1.82, 2.24) is 19.4 Å². The monoisotopic (exact) mass is 348 g/mol. The molecular formula is C18H28N4O3. The first-order valence-corrected chi connectivity index (χ1v) is 9.04. The van der Waals surface area contributed by atoms with Gasteiger partial charge in [-0.1, -0.05) is 13.8 Å². The van der Waals surface area contributed by atoms with Crippen LogP contribution >= 0.6 is 0 Å². The number of carbonyl (C=O) groups excluding carboxylic acids is 1. The first-order valence-electron chi connectivity index (χ1n) is 9.04. The SMILES string of the molecule is CC(C)Cn1cncc1CN1CCC2(CC1)[C@@H](C(=O)O)CC(=O)N2C. The van der Waals surface area contributed by atoms with E-state index >= 15 is 0 Å². The van der Waals surface area contributed by atoms with Crippen molar-refractivity contribution in [2.75, 3.05) is 20.1 Å². The topological polar surface area (TPSA) is 78.7 Å². The van der Waals surface area contributed by atoms with Gasteiger partial charge in [0.15, 0.2) is 0 Å². The Morgan fingerprint density at radius 3 is 2.68 bits per heavy atom. The standard InChI is InChI=1S/C18H28N4O3/c1-13(2)10-22-12-19-9-14(22)11-21-6-4-18(5-7-21)15(17(24)25)8-16(23)20(18)3/h9,12-13,15H,4-8,10-11H2,1-3H3,(H,24,25)/t15-/m1/s1. The van der Waals surface area contributed by atoms with Crippen LogP contribution in [0.1, 0.15) is 38.8 Å². The van der Waals surface area contributed by atoms with Crippen molar-refractivity contribution in [2.45, 2.75) is 51.7 Å². The molecule has 3 rings (SSSR count). The van der Waals surface area contributed by atoms with Crippen LogP contribution in [0.3, 0.4) is 0 Å². The van der Waals surface area contributed by atoms with Gasteiger partial charge in [0.25, 0.3) is 0 Å². The highest BCUT2D eigenvalue weighted by atomic mass is 16.4. The van der Waals surface area contributed by atoms with Gasteiger partial charge in [0, 0.05) is 45.8 Å². The summed E-state index contributed by atoms with van der Waals surface area (Å²) >= 11 is 0. The molecule has 0 aliphatic carbocycles. The van der Waals surface area contributed by atoms with Crippen molar-refractivity contribution in [1.29, 1.82) is 0 Å². The fourth-order valence-electron chi connectivity index (χ4n) is 4.35. The number of amides is 1. The van der Waals surface area contributed by atoms with Crippen molar-refractivity contribution in [3.05, 3.63) is 18.2 Å². The lowest BCUT2D eigenvalue weighted by atomic mass is 9.77. The molecule has 2 fully saturated rings. The Morgan fingerprint density at radius 1 is 1.40 bits per heavy atom. The summed E-state index contributed by atoms with van der Waals surface area (Å²) in [7, 11) is 1.76. The number of aromatic nitrogens is 2. The minimum absolute atomic E-state index is 0.0455. The van der Waals surface area contributed by atoms with E-state index < -0.39 is 17.4 Å². The van der Waals surface area contributed by atoms with Crippen molar-refractivity contribution in [3.63, 3.8) is 0 Å². The lowest BCUT2D eigenvalue weighted by Crippen LogP contribution is -2.56. The second-order valence-electron chi connectivity index (χ2n) is 7.86. The molecule has 2 saturated heterocycles. The maximum absolute atomic E-state index is 12.1. The first kappa shape index (κ1) is 17.9. The quantitative estimate of drug-likeness (QED) is 0.871. The average Bonchev–Trinajstić information content (AvgIpc) is 3.07. The Kier molecular flexibility index (Phi) is 4.86. The number of rotatable bonds is 5. The van der Waals surface area contributed by atoms with Crippen LogP contribution in [0, 0.1) is 11.8 Å². The molecule has 7 nitrogen and oxygen atoms in total. The van der Waals surface area contributed by atoms with Gasteiger partial charge < -0.3 is 14.6 Å². The Morgan fingerprint density at radius 2 is 2.08 bits per heavy atom. The van der Waals surface area contributed by atoms with E-state index in [4.69, 9.17) is 0 Å². The molecule has 0 aromatic carbocycles. The molecule has 1 aromatic rings. The second kappa shape index (κ2) is 6.78. The maximum Gasteiger partial charge on any atom is 0.309 e. The van der Waals surface area contributed by atoms with Crippen LogP contribution in [0.25, 0.3) is 0 Å². The van der Waals surface area contributed by atoms with Gasteiger partial charge in [0.1, 0.15) is 0 Å². The molecule has 3 heterocycles. The third kappa shape index (κ3) is 3.29. The molecule has 1 amide bonds. The molecule has 0 unspecified atom stereocenters. The Hall–Kier alpha value is -1.89. The number of imidazole rings is 1. The molecule has 1 N–H and O–H groups in total. The summed E-state index contributed by atoms with van der Waals surface area (Å²) < 4.78 is 2.19. The smallest absolute Gasteiger partial charge is 0.309 e. The summed E-state index contributed by atoms with van der Waals surface area (Å²) in [4.78, 5) is 32.0. The zero-order valence-electron chi connectivity index (χ0n) is 15.3. The lowest BCUT2D eigenvalue weighted by molar-refractivity contribution is -0.146. The van der Waals surface area contributed by atoms with Gasteiger partial charge in [-0.3, -0.25) is 14.5 Å². The van der Waals surface area contributed by atoms with Gasteiger partial charge in [-0.25, -0.2) is 4.98 Å². The summed E-state index contributed by atoms with van der Waals surface area (Å²) in [6, 6.07) is 0. The summed E-state index contributed by atoms with van der Waals surface area (Å²) in [6.45, 7) is 7.74. The van der Waals surface area contributed by atoms with E-state index in [1.807, 2.05) is 12.5 Å². The van der Waals surface area contributed by atoms with Gasteiger partial charge in [-0.15, -0.1) is 0 Å². The molecule has 0 radical (unpaired) electrons. The maximum atomic E-state index is 12.1. The third-order valence-corrected chi connectivity index (χ3v) is 5.84. The molecule has 1 aromatic heterocycles. The Balaban J connectivity index is 1.67. The number of piperidine rings is 1. The second-order valence-corrected chi connectivity index (χ2v) is 7.86. The molecule has 2 aliphatic heterocycles. The molecular weight excluding hydrogens is 320 g/mol. The Labute approximate surface area is 148 Å². The molecule has 0 saturated carbocycles. The van der Waals surface area contributed by atoms with E-state index in [9.17, 15) is 14.7 Å². The van der Waals surface area contributed by atoms with Gasteiger partial charge in [-0.2, -0.15) is 0 Å². The highest BCUT2D eigenvalue weighted by Crippen LogP contribution is 2.42. The summed E-state index contributed by atoms with van der Waals surface area (Å²) in [6.07, 6.45) is 5.35. The fourth-order valence-corrected chi connectivity index (χ4v) is 4.35. The molecule has 7 heteroatoms. The number of carboxylic acid groups (broad SMARTS) is 1. The zero-order chi connectivity index (χ0) is 18.2. The minimum atomic E-state index is -0.846. The van der Waals surface area contributed by atoms with E-state index in [2.05, 4.69) is 28.3 Å². The molecule has 1 spiro atoms. The van der Waals surface area contributed by atoms with Crippen LogP contribution in [-0.2, 0) is 22.7 Å². The summed E-state index contributed by atoms with van der Waals surface area (Å²) in [5, 5.41) is 9.56. The van der Waals surface area contributed by atoms with E-state index in [1.54, 1.807) is 11.9 Å². The van der Waals surface area contributed by atoms with Crippen molar-refractivity contribution >= 4 is 11.9 Å². The lowest BCUT2D eigenvalue weighted by Gasteiger charge is -2.45. The van der Waals surface area contributed by atoms with Crippen LogP contribution in [-0.4, -0.2) is 62.0 Å². The molecule has 2 aliphatic rings. The van der Waals surface area contributed by atoms with Crippen LogP contribution in [0.2, 0.25) is 0 Å². The number of hydrogen-bond donors (Lipinski definition) is 1. The van der Waals surface area contributed by atoms with E-state index in [-0.39, 0.29) is 12.3 Å². The summed E-state index contributed by atoms with van der Waals surface area (Å²) in [5.74, 6) is -0.914. The van der Waals surface area contributed by atoms with E-state index in [1.165, 1.54) is 5.69 Å².